The second-order valence-electron chi connectivity index (χ2n) is 4.58. The minimum Gasteiger partial charge on any atom is -0.336 e. The molecule has 1 heterocycles. The van der Waals surface area contributed by atoms with Gasteiger partial charge < -0.3 is 15.5 Å². The van der Waals surface area contributed by atoms with Crippen LogP contribution >= 0.6 is 0 Å². The highest BCUT2D eigenvalue weighted by Crippen LogP contribution is 1.98. The SMILES string of the molecule is CCN(CCCNCCN1CCNC1=O)S(C)(=O)=O. The molecule has 0 aliphatic carbocycles. The van der Waals surface area contributed by atoms with E-state index in [0.29, 0.717) is 19.6 Å². The molecule has 2 amide bonds. The Balaban J connectivity index is 2.06. The lowest BCUT2D eigenvalue weighted by Crippen LogP contribution is -2.36. The first-order chi connectivity index (χ1) is 8.95. The van der Waals surface area contributed by atoms with Crippen molar-refractivity contribution in [3.05, 3.63) is 0 Å². The van der Waals surface area contributed by atoms with Crippen molar-refractivity contribution in [3.8, 4) is 0 Å². The van der Waals surface area contributed by atoms with E-state index in [0.717, 1.165) is 32.6 Å². The zero-order chi connectivity index (χ0) is 14.3. The fraction of sp³-hybridized carbons (Fsp3) is 0.909. The molecule has 7 nitrogen and oxygen atoms in total. The molecule has 0 unspecified atom stereocenters. The van der Waals surface area contributed by atoms with E-state index in [1.165, 1.54) is 10.6 Å². The highest BCUT2D eigenvalue weighted by atomic mass is 32.2. The van der Waals surface area contributed by atoms with Crippen LogP contribution in [0.3, 0.4) is 0 Å². The lowest BCUT2D eigenvalue weighted by Gasteiger charge is -2.18. The molecule has 0 aromatic rings. The lowest BCUT2D eigenvalue weighted by atomic mass is 10.4. The molecule has 0 spiro atoms. The Bertz CT molecular complexity index is 385. The molecule has 0 aromatic heterocycles. The van der Waals surface area contributed by atoms with Crippen LogP contribution in [-0.2, 0) is 10.0 Å². The Morgan fingerprint density at radius 2 is 2.16 bits per heavy atom. The number of carbonyl (C=O) groups is 1. The van der Waals surface area contributed by atoms with Crippen molar-refractivity contribution in [2.45, 2.75) is 13.3 Å². The maximum atomic E-state index is 11.3. The number of rotatable bonds is 9. The van der Waals surface area contributed by atoms with Crippen LogP contribution in [-0.4, -0.2) is 75.7 Å². The Hall–Kier alpha value is -0.860. The molecule has 1 rings (SSSR count). The van der Waals surface area contributed by atoms with E-state index in [-0.39, 0.29) is 6.03 Å². The fourth-order valence-electron chi connectivity index (χ4n) is 2.00. The third kappa shape index (κ3) is 5.75. The molecule has 2 N–H and O–H groups in total. The van der Waals surface area contributed by atoms with E-state index in [1.807, 2.05) is 6.92 Å². The minimum atomic E-state index is -3.08. The molecular weight excluding hydrogens is 268 g/mol. The molecule has 0 aromatic carbocycles. The van der Waals surface area contributed by atoms with Gasteiger partial charge in [-0.15, -0.1) is 0 Å². The van der Waals surface area contributed by atoms with Gasteiger partial charge >= 0.3 is 6.03 Å². The van der Waals surface area contributed by atoms with Gasteiger partial charge in [-0.05, 0) is 13.0 Å². The molecule has 1 aliphatic heterocycles. The number of hydrogen-bond donors (Lipinski definition) is 2. The summed E-state index contributed by atoms with van der Waals surface area (Å²) in [5.74, 6) is 0. The van der Waals surface area contributed by atoms with E-state index < -0.39 is 10.0 Å². The summed E-state index contributed by atoms with van der Waals surface area (Å²) in [6, 6.07) is -0.00367. The minimum absolute atomic E-state index is 0.00367. The van der Waals surface area contributed by atoms with Gasteiger partial charge in [-0.2, -0.15) is 0 Å². The molecular formula is C11H24N4O3S. The van der Waals surface area contributed by atoms with Crippen LogP contribution in [0.5, 0.6) is 0 Å². The first kappa shape index (κ1) is 16.2. The lowest BCUT2D eigenvalue weighted by molar-refractivity contribution is 0.217. The van der Waals surface area contributed by atoms with Gasteiger partial charge in [0.1, 0.15) is 0 Å². The summed E-state index contributed by atoms with van der Waals surface area (Å²) in [5.41, 5.74) is 0. The molecule has 1 fully saturated rings. The summed E-state index contributed by atoms with van der Waals surface area (Å²) < 4.78 is 24.2. The van der Waals surface area contributed by atoms with Crippen molar-refractivity contribution in [2.24, 2.45) is 0 Å². The maximum absolute atomic E-state index is 11.3. The number of nitrogens with one attached hydrogen (secondary N) is 2. The van der Waals surface area contributed by atoms with Gasteiger partial charge in [-0.3, -0.25) is 0 Å². The molecule has 0 atom stereocenters. The quantitative estimate of drug-likeness (QED) is 0.549. The smallest absolute Gasteiger partial charge is 0.317 e. The summed E-state index contributed by atoms with van der Waals surface area (Å²) in [6.07, 6.45) is 2.00. The number of amides is 2. The average molecular weight is 292 g/mol. The molecule has 1 aliphatic rings. The van der Waals surface area contributed by atoms with Crippen molar-refractivity contribution >= 4 is 16.1 Å². The maximum Gasteiger partial charge on any atom is 0.317 e. The molecule has 1 saturated heterocycles. The third-order valence-electron chi connectivity index (χ3n) is 3.09. The summed E-state index contributed by atoms with van der Waals surface area (Å²) in [5, 5.41) is 5.97. The van der Waals surface area contributed by atoms with Gasteiger partial charge in [0.25, 0.3) is 0 Å². The Labute approximate surface area is 115 Å². The van der Waals surface area contributed by atoms with E-state index in [9.17, 15) is 13.2 Å². The van der Waals surface area contributed by atoms with Crippen molar-refractivity contribution in [1.29, 1.82) is 0 Å². The van der Waals surface area contributed by atoms with Crippen molar-refractivity contribution in [2.75, 3.05) is 52.1 Å². The van der Waals surface area contributed by atoms with Gasteiger partial charge in [0, 0.05) is 39.3 Å². The van der Waals surface area contributed by atoms with E-state index >= 15 is 0 Å². The summed E-state index contributed by atoms with van der Waals surface area (Å²) in [6.45, 7) is 6.53. The number of urea groups is 1. The third-order valence-corrected chi connectivity index (χ3v) is 4.47. The molecule has 0 radical (unpaired) electrons. The highest BCUT2D eigenvalue weighted by molar-refractivity contribution is 7.88. The van der Waals surface area contributed by atoms with E-state index in [2.05, 4.69) is 10.6 Å². The topological polar surface area (TPSA) is 81.8 Å². The molecule has 8 heteroatoms. The molecule has 112 valence electrons. The van der Waals surface area contributed by atoms with Crippen LogP contribution in [0.25, 0.3) is 0 Å². The zero-order valence-corrected chi connectivity index (χ0v) is 12.5. The largest absolute Gasteiger partial charge is 0.336 e. The Morgan fingerprint density at radius 3 is 2.68 bits per heavy atom. The van der Waals surface area contributed by atoms with E-state index in [4.69, 9.17) is 0 Å². The van der Waals surface area contributed by atoms with Crippen LogP contribution in [0.15, 0.2) is 0 Å². The predicted octanol–water partition coefficient (Wildman–Crippen LogP) is -0.727. The fourth-order valence-corrected chi connectivity index (χ4v) is 2.93. The zero-order valence-electron chi connectivity index (χ0n) is 11.7. The highest BCUT2D eigenvalue weighted by Gasteiger charge is 2.18. The van der Waals surface area contributed by atoms with Crippen molar-refractivity contribution < 1.29 is 13.2 Å². The first-order valence-corrected chi connectivity index (χ1v) is 8.48. The predicted molar refractivity (Wildman–Crippen MR) is 74.5 cm³/mol. The summed E-state index contributed by atoms with van der Waals surface area (Å²) in [4.78, 5) is 13.0. The second-order valence-corrected chi connectivity index (χ2v) is 6.56. The number of carbonyl (C=O) groups excluding carboxylic acids is 1. The van der Waals surface area contributed by atoms with Crippen LogP contribution in [0, 0.1) is 0 Å². The second kappa shape index (κ2) is 7.66. The Morgan fingerprint density at radius 1 is 1.42 bits per heavy atom. The summed E-state index contributed by atoms with van der Waals surface area (Å²) >= 11 is 0. The van der Waals surface area contributed by atoms with Gasteiger partial charge in [0.05, 0.1) is 6.26 Å². The molecule has 0 saturated carbocycles. The molecule has 19 heavy (non-hydrogen) atoms. The van der Waals surface area contributed by atoms with Crippen molar-refractivity contribution in [3.63, 3.8) is 0 Å². The van der Waals surface area contributed by atoms with Crippen LogP contribution < -0.4 is 10.6 Å². The first-order valence-electron chi connectivity index (χ1n) is 6.63. The average Bonchev–Trinajstić information content (AvgIpc) is 2.72. The van der Waals surface area contributed by atoms with E-state index in [1.54, 1.807) is 4.90 Å². The van der Waals surface area contributed by atoms with Crippen molar-refractivity contribution in [1.82, 2.24) is 19.8 Å². The van der Waals surface area contributed by atoms with Gasteiger partial charge in [0.15, 0.2) is 0 Å². The number of nitrogens with zero attached hydrogens (tertiary/aromatic N) is 2. The standard InChI is InChI=1S/C11H24N4O3S/c1-3-15(19(2,17)18)8-4-5-12-6-9-14-10-7-13-11(14)16/h12H,3-10H2,1-2H3,(H,13,16). The Kier molecular flexibility index (Phi) is 6.53. The number of hydrogen-bond acceptors (Lipinski definition) is 4. The van der Waals surface area contributed by atoms with Gasteiger partial charge in [0.2, 0.25) is 10.0 Å². The van der Waals surface area contributed by atoms with Crippen LogP contribution in [0.2, 0.25) is 0 Å². The van der Waals surface area contributed by atoms with Crippen LogP contribution in [0.4, 0.5) is 4.79 Å². The van der Waals surface area contributed by atoms with Gasteiger partial charge in [-0.25, -0.2) is 17.5 Å². The number of sulfonamides is 1. The monoisotopic (exact) mass is 292 g/mol. The normalized spacial score (nSPS) is 16.2. The van der Waals surface area contributed by atoms with Gasteiger partial charge in [-0.1, -0.05) is 6.92 Å². The summed E-state index contributed by atoms with van der Waals surface area (Å²) in [7, 11) is -3.08. The molecule has 0 bridgehead atoms. The van der Waals surface area contributed by atoms with Crippen LogP contribution in [0.1, 0.15) is 13.3 Å².